The molecule has 8 heteroatoms. The van der Waals surface area contributed by atoms with Gasteiger partial charge in [-0.3, -0.25) is 0 Å². The minimum absolute atomic E-state index is 0.306. The number of nitrogens with zero attached hydrogens (tertiary/aromatic N) is 2. The zero-order valence-corrected chi connectivity index (χ0v) is 10.9. The molecule has 0 amide bonds. The molecule has 21 heavy (non-hydrogen) atoms. The van der Waals surface area contributed by atoms with Crippen molar-refractivity contribution in [2.75, 3.05) is 13.2 Å². The molecule has 0 radical (unpaired) electrons. The first-order chi connectivity index (χ1) is 10.1. The van der Waals surface area contributed by atoms with Gasteiger partial charge in [0.1, 0.15) is 13.2 Å². The Morgan fingerprint density at radius 2 is 1.48 bits per heavy atom. The van der Waals surface area contributed by atoms with Crippen LogP contribution in [-0.2, 0) is 9.68 Å². The monoisotopic (exact) mass is 292 g/mol. The lowest BCUT2D eigenvalue weighted by atomic mass is 9.97. The van der Waals surface area contributed by atoms with E-state index in [4.69, 9.17) is 0 Å². The summed E-state index contributed by atoms with van der Waals surface area (Å²) in [5, 5.41) is 20.7. The van der Waals surface area contributed by atoms with Crippen LogP contribution in [0.25, 0.3) is 10.8 Å². The fourth-order valence-electron chi connectivity index (χ4n) is 2.00. The van der Waals surface area contributed by atoms with E-state index >= 15 is 0 Å². The predicted molar refractivity (Wildman–Crippen MR) is 72.6 cm³/mol. The molecule has 0 spiro atoms. The summed E-state index contributed by atoms with van der Waals surface area (Å²) >= 11 is 0. The van der Waals surface area contributed by atoms with Gasteiger partial charge in [0.25, 0.3) is 10.2 Å². The van der Waals surface area contributed by atoms with Crippen molar-refractivity contribution in [2.45, 2.75) is 5.92 Å². The zero-order chi connectivity index (χ0) is 15.2. The molecule has 0 N–H and O–H groups in total. The third kappa shape index (κ3) is 4.03. The molecule has 0 aromatic heterocycles. The lowest BCUT2D eigenvalue weighted by molar-refractivity contribution is -0.767. The molecule has 0 fully saturated rings. The molecular weight excluding hydrogens is 280 g/mol. The molecule has 0 aliphatic carbocycles. The Kier molecular flexibility index (Phi) is 4.50. The first-order valence-corrected chi connectivity index (χ1v) is 6.09. The lowest BCUT2D eigenvalue weighted by Gasteiger charge is -2.15. The molecule has 0 atom stereocenters. The summed E-state index contributed by atoms with van der Waals surface area (Å²) in [4.78, 5) is 29.2. The minimum atomic E-state index is -0.930. The van der Waals surface area contributed by atoms with Gasteiger partial charge in [-0.1, -0.05) is 42.5 Å². The van der Waals surface area contributed by atoms with Gasteiger partial charge in [-0.15, -0.1) is 20.2 Å². The fourth-order valence-corrected chi connectivity index (χ4v) is 2.00. The summed E-state index contributed by atoms with van der Waals surface area (Å²) in [7, 11) is 0. The molecule has 0 aliphatic rings. The van der Waals surface area contributed by atoms with Crippen LogP contribution in [0.1, 0.15) is 11.5 Å². The van der Waals surface area contributed by atoms with Crippen LogP contribution in [0.15, 0.2) is 42.5 Å². The van der Waals surface area contributed by atoms with Gasteiger partial charge < -0.3 is 9.68 Å². The Balaban J connectivity index is 2.23. The summed E-state index contributed by atoms with van der Waals surface area (Å²) < 4.78 is 0. The normalized spacial score (nSPS) is 10.5. The van der Waals surface area contributed by atoms with E-state index in [9.17, 15) is 20.2 Å². The molecule has 0 unspecified atom stereocenters. The molecule has 0 aliphatic heterocycles. The van der Waals surface area contributed by atoms with Crippen molar-refractivity contribution in [3.05, 3.63) is 68.3 Å². The van der Waals surface area contributed by atoms with Gasteiger partial charge in [0.05, 0.1) is 0 Å². The molecule has 0 saturated carbocycles. The Morgan fingerprint density at radius 3 is 2.05 bits per heavy atom. The number of rotatable bonds is 7. The third-order valence-corrected chi connectivity index (χ3v) is 3.01. The maximum Gasteiger partial charge on any atom is 0.294 e. The molecule has 0 saturated heterocycles. The predicted octanol–water partition coefficient (Wildman–Crippen LogP) is 2.34. The van der Waals surface area contributed by atoms with Crippen molar-refractivity contribution in [2.24, 2.45) is 0 Å². The van der Waals surface area contributed by atoms with E-state index in [0.29, 0.717) is 5.56 Å². The van der Waals surface area contributed by atoms with E-state index < -0.39 is 16.1 Å². The van der Waals surface area contributed by atoms with Crippen LogP contribution < -0.4 is 0 Å². The van der Waals surface area contributed by atoms with Crippen molar-refractivity contribution in [1.82, 2.24) is 0 Å². The SMILES string of the molecule is O=[N+]([O-])OCC(CO[N+](=O)[O-])c1ccc2ccccc2c1. The summed E-state index contributed by atoms with van der Waals surface area (Å²) in [5.74, 6) is -0.606. The van der Waals surface area contributed by atoms with Crippen molar-refractivity contribution in [3.8, 4) is 0 Å². The van der Waals surface area contributed by atoms with E-state index in [0.717, 1.165) is 10.8 Å². The van der Waals surface area contributed by atoms with Crippen molar-refractivity contribution in [1.29, 1.82) is 0 Å². The maximum atomic E-state index is 10.3. The maximum absolute atomic E-state index is 10.3. The molecule has 2 rings (SSSR count). The van der Waals surface area contributed by atoms with Crippen LogP contribution in [0.2, 0.25) is 0 Å². The second-order valence-electron chi connectivity index (χ2n) is 4.34. The van der Waals surface area contributed by atoms with Crippen LogP contribution in [0, 0.1) is 20.2 Å². The van der Waals surface area contributed by atoms with Gasteiger partial charge in [0, 0.05) is 5.92 Å². The van der Waals surface area contributed by atoms with Crippen molar-refractivity contribution >= 4 is 10.8 Å². The summed E-state index contributed by atoms with van der Waals surface area (Å²) in [6.45, 7) is -0.613. The summed E-state index contributed by atoms with van der Waals surface area (Å²) in [6, 6.07) is 13.0. The first-order valence-electron chi connectivity index (χ1n) is 6.09. The van der Waals surface area contributed by atoms with E-state index in [2.05, 4.69) is 9.68 Å². The smallest absolute Gasteiger partial charge is 0.294 e. The zero-order valence-electron chi connectivity index (χ0n) is 10.9. The van der Waals surface area contributed by atoms with Gasteiger partial charge in [-0.05, 0) is 16.3 Å². The lowest BCUT2D eigenvalue weighted by Crippen LogP contribution is -2.18. The highest BCUT2D eigenvalue weighted by atomic mass is 17.0. The van der Waals surface area contributed by atoms with Crippen LogP contribution in [0.5, 0.6) is 0 Å². The second-order valence-corrected chi connectivity index (χ2v) is 4.34. The minimum Gasteiger partial charge on any atom is -0.313 e. The highest BCUT2D eigenvalue weighted by molar-refractivity contribution is 5.83. The van der Waals surface area contributed by atoms with Crippen molar-refractivity contribution in [3.63, 3.8) is 0 Å². The average molecular weight is 292 g/mol. The molecule has 0 bridgehead atoms. The number of fused-ring (bicyclic) bond motifs is 1. The summed E-state index contributed by atoms with van der Waals surface area (Å²) in [5.41, 5.74) is 0.678. The highest BCUT2D eigenvalue weighted by Gasteiger charge is 2.16. The first kappa shape index (κ1) is 14.5. The highest BCUT2D eigenvalue weighted by Crippen LogP contribution is 2.22. The molecule has 0 heterocycles. The average Bonchev–Trinajstić information content (AvgIpc) is 2.46. The molecule has 2 aromatic rings. The molecule has 2 aromatic carbocycles. The van der Waals surface area contributed by atoms with Crippen LogP contribution in [0.4, 0.5) is 0 Å². The number of benzene rings is 2. The Bertz CT molecular complexity index is 642. The summed E-state index contributed by atoms with van der Waals surface area (Å²) in [6.07, 6.45) is 0. The van der Waals surface area contributed by atoms with Gasteiger partial charge in [0.2, 0.25) is 0 Å². The van der Waals surface area contributed by atoms with Gasteiger partial charge in [-0.25, -0.2) is 0 Å². The number of hydrogen-bond donors (Lipinski definition) is 0. The second kappa shape index (κ2) is 6.51. The van der Waals surface area contributed by atoms with E-state index in [-0.39, 0.29) is 13.2 Å². The van der Waals surface area contributed by atoms with E-state index in [1.54, 1.807) is 6.07 Å². The molecule has 110 valence electrons. The Hall–Kier alpha value is -2.90. The largest absolute Gasteiger partial charge is 0.313 e. The van der Waals surface area contributed by atoms with Crippen LogP contribution >= 0.6 is 0 Å². The van der Waals surface area contributed by atoms with Crippen LogP contribution in [0.3, 0.4) is 0 Å². The standard InChI is InChI=1S/C13H12N2O6/c16-14(17)20-8-13(9-21-15(18)19)12-6-5-10-3-1-2-4-11(10)7-12/h1-7,13H,8-9H2. The van der Waals surface area contributed by atoms with Crippen LogP contribution in [-0.4, -0.2) is 23.4 Å². The van der Waals surface area contributed by atoms with Gasteiger partial charge in [-0.2, -0.15) is 0 Å². The quantitative estimate of drug-likeness (QED) is 0.573. The van der Waals surface area contributed by atoms with Crippen molar-refractivity contribution < 1.29 is 19.8 Å². The van der Waals surface area contributed by atoms with E-state index in [1.165, 1.54) is 0 Å². The topological polar surface area (TPSA) is 105 Å². The molecular formula is C13H12N2O6. The third-order valence-electron chi connectivity index (χ3n) is 3.01. The molecule has 8 nitrogen and oxygen atoms in total. The Morgan fingerprint density at radius 1 is 0.905 bits per heavy atom. The van der Waals surface area contributed by atoms with Gasteiger partial charge >= 0.3 is 0 Å². The van der Waals surface area contributed by atoms with E-state index in [1.807, 2.05) is 36.4 Å². The van der Waals surface area contributed by atoms with Gasteiger partial charge in [0.15, 0.2) is 0 Å². The Labute approximate surface area is 119 Å². The fraction of sp³-hybridized carbons (Fsp3) is 0.231. The number of hydrogen-bond acceptors (Lipinski definition) is 6.